The Hall–Kier alpha value is -1.76. The van der Waals surface area contributed by atoms with Crippen LogP contribution in [0.1, 0.15) is 28.7 Å². The molecule has 1 aliphatic rings. The highest BCUT2D eigenvalue weighted by molar-refractivity contribution is 6.59. The Morgan fingerprint density at radius 3 is 3.00 bits per heavy atom. The van der Waals surface area contributed by atoms with Gasteiger partial charge in [0.05, 0.1) is 23.5 Å². The van der Waals surface area contributed by atoms with Crippen molar-refractivity contribution >= 4 is 36.7 Å². The quantitative estimate of drug-likeness (QED) is 0.623. The predicted molar refractivity (Wildman–Crippen MR) is 69.4 cm³/mol. The summed E-state index contributed by atoms with van der Waals surface area (Å²) in [6, 6.07) is 1.58. The van der Waals surface area contributed by atoms with Crippen molar-refractivity contribution in [2.45, 2.75) is 12.5 Å². The summed E-state index contributed by atoms with van der Waals surface area (Å²) in [7, 11) is 3.10. The fraction of sp³-hybridized carbons (Fsp3) is 0.300. The molecule has 0 radical (unpaired) electrons. The molecule has 0 saturated carbocycles. The molecule has 6 nitrogen and oxygen atoms in total. The van der Waals surface area contributed by atoms with Crippen LogP contribution in [0.2, 0.25) is 5.02 Å². The summed E-state index contributed by atoms with van der Waals surface area (Å²) in [6.45, 7) is 0. The molecular formula is C10H11BClN3O3. The first-order valence-electron chi connectivity index (χ1n) is 5.26. The second-order valence-electron chi connectivity index (χ2n) is 3.92. The predicted octanol–water partition coefficient (Wildman–Crippen LogP) is 0.512. The number of methoxy groups -OCH3 is 1. The van der Waals surface area contributed by atoms with Crippen molar-refractivity contribution in [2.24, 2.45) is 5.16 Å². The van der Waals surface area contributed by atoms with Gasteiger partial charge in [0.2, 0.25) is 0 Å². The Morgan fingerprint density at radius 1 is 1.72 bits per heavy atom. The van der Waals surface area contributed by atoms with E-state index < -0.39 is 5.97 Å². The molecule has 0 bridgehead atoms. The van der Waals surface area contributed by atoms with Gasteiger partial charge in [0.25, 0.3) is 0 Å². The van der Waals surface area contributed by atoms with Gasteiger partial charge in [0.15, 0.2) is 19.6 Å². The van der Waals surface area contributed by atoms with Gasteiger partial charge in [-0.2, -0.15) is 0 Å². The molecule has 0 saturated heterocycles. The highest BCUT2D eigenvalue weighted by Crippen LogP contribution is 2.30. The molecule has 1 aliphatic heterocycles. The third-order valence-corrected chi connectivity index (χ3v) is 2.93. The lowest BCUT2D eigenvalue weighted by atomic mass is 9.95. The van der Waals surface area contributed by atoms with Gasteiger partial charge in [-0.3, -0.25) is 0 Å². The van der Waals surface area contributed by atoms with E-state index in [-0.39, 0.29) is 22.5 Å². The van der Waals surface area contributed by atoms with Crippen LogP contribution >= 0.6 is 11.6 Å². The zero-order chi connectivity index (χ0) is 13.3. The first-order chi connectivity index (χ1) is 8.52. The number of nitrogens with two attached hydrogens (primary N) is 1. The van der Waals surface area contributed by atoms with E-state index in [4.69, 9.17) is 22.2 Å². The maximum atomic E-state index is 11.5. The lowest BCUT2D eigenvalue weighted by molar-refractivity contribution is 0.0589. The van der Waals surface area contributed by atoms with E-state index in [2.05, 4.69) is 14.9 Å². The minimum Gasteiger partial charge on any atom is -0.464 e. The Labute approximate surface area is 110 Å². The van der Waals surface area contributed by atoms with E-state index in [1.54, 1.807) is 6.07 Å². The number of carbonyl (C=O) groups is 1. The molecule has 1 aromatic rings. The average molecular weight is 267 g/mol. The number of rotatable bonds is 2. The van der Waals surface area contributed by atoms with Crippen molar-refractivity contribution in [3.05, 3.63) is 22.5 Å². The highest BCUT2D eigenvalue weighted by Gasteiger charge is 2.25. The van der Waals surface area contributed by atoms with Crippen LogP contribution in [0.5, 0.6) is 0 Å². The molecule has 0 spiro atoms. The minimum atomic E-state index is -0.635. The molecule has 1 atom stereocenters. The third-order valence-electron chi connectivity index (χ3n) is 2.53. The molecule has 1 aromatic heterocycles. The number of anilines is 1. The summed E-state index contributed by atoms with van der Waals surface area (Å²) in [5, 5.41) is 3.91. The van der Waals surface area contributed by atoms with E-state index in [0.29, 0.717) is 12.1 Å². The molecule has 2 N–H and O–H groups in total. The number of hydrogen-bond acceptors (Lipinski definition) is 6. The molecular weight excluding hydrogens is 256 g/mol. The number of oxime groups is 1. The summed E-state index contributed by atoms with van der Waals surface area (Å²) in [5.41, 5.74) is 7.36. The number of hydrogen-bond donors (Lipinski definition) is 1. The smallest absolute Gasteiger partial charge is 0.358 e. The largest absolute Gasteiger partial charge is 0.464 e. The summed E-state index contributed by atoms with van der Waals surface area (Å²) in [4.78, 5) is 20.8. The zero-order valence-electron chi connectivity index (χ0n) is 9.94. The van der Waals surface area contributed by atoms with Gasteiger partial charge < -0.3 is 15.3 Å². The monoisotopic (exact) mass is 267 g/mol. The zero-order valence-corrected chi connectivity index (χ0v) is 10.7. The number of halogens is 1. The van der Waals surface area contributed by atoms with Gasteiger partial charge in [-0.25, -0.2) is 9.78 Å². The normalized spacial score (nSPS) is 18.1. The van der Waals surface area contributed by atoms with Gasteiger partial charge >= 0.3 is 5.97 Å². The third kappa shape index (κ3) is 2.26. The lowest BCUT2D eigenvalue weighted by Crippen LogP contribution is -2.11. The standard InChI is InChI=1S/C10H11BClN3O3/c1-17-10(16)9-8(12)4(13)2-5(14-9)6-3-7(11)15-18-6/h2,6H,3,11H2,1H3,(H2,13,14). The summed E-state index contributed by atoms with van der Waals surface area (Å²) in [6.07, 6.45) is 0.266. The van der Waals surface area contributed by atoms with Crippen LogP contribution < -0.4 is 5.73 Å². The van der Waals surface area contributed by atoms with Gasteiger partial charge in [-0.15, -0.1) is 5.16 Å². The number of esters is 1. The van der Waals surface area contributed by atoms with Gasteiger partial charge in [-0.05, 0) is 6.07 Å². The first-order valence-corrected chi connectivity index (χ1v) is 5.64. The van der Waals surface area contributed by atoms with Crippen LogP contribution in [-0.2, 0) is 9.57 Å². The SMILES string of the molecule is BC1=NOC(c2cc(N)c(Cl)c(C(=O)OC)n2)C1. The molecule has 8 heteroatoms. The van der Waals surface area contributed by atoms with Gasteiger partial charge in [-0.1, -0.05) is 11.6 Å². The second-order valence-corrected chi connectivity index (χ2v) is 4.29. The molecule has 0 fully saturated rings. The molecule has 94 valence electrons. The average Bonchev–Trinajstić information content (AvgIpc) is 2.78. The van der Waals surface area contributed by atoms with Crippen LogP contribution in [0.25, 0.3) is 0 Å². The van der Waals surface area contributed by atoms with E-state index in [0.717, 1.165) is 5.61 Å². The molecule has 0 aliphatic carbocycles. The minimum absolute atomic E-state index is 0.0117. The maximum Gasteiger partial charge on any atom is 0.358 e. The van der Waals surface area contributed by atoms with E-state index in [9.17, 15) is 4.79 Å². The fourth-order valence-electron chi connectivity index (χ4n) is 1.62. The number of ether oxygens (including phenoxy) is 1. The molecule has 2 rings (SSSR count). The van der Waals surface area contributed by atoms with Crippen molar-refractivity contribution in [1.29, 1.82) is 0 Å². The van der Waals surface area contributed by atoms with Crippen LogP contribution in [0.4, 0.5) is 5.69 Å². The lowest BCUT2D eigenvalue weighted by Gasteiger charge is -2.11. The Bertz CT molecular complexity index is 535. The van der Waals surface area contributed by atoms with Crippen LogP contribution in [0.15, 0.2) is 11.2 Å². The van der Waals surface area contributed by atoms with Crippen molar-refractivity contribution in [1.82, 2.24) is 4.98 Å². The van der Waals surface area contributed by atoms with Crippen LogP contribution in [0, 0.1) is 0 Å². The summed E-state index contributed by atoms with van der Waals surface area (Å²) >= 11 is 5.92. The fourth-order valence-corrected chi connectivity index (χ4v) is 1.80. The molecule has 0 aromatic carbocycles. The van der Waals surface area contributed by atoms with E-state index >= 15 is 0 Å². The number of carbonyl (C=O) groups excluding carboxylic acids is 1. The Balaban J connectivity index is 2.38. The number of aromatic nitrogens is 1. The molecule has 2 heterocycles. The molecule has 1 unspecified atom stereocenters. The van der Waals surface area contributed by atoms with Gasteiger partial charge in [0.1, 0.15) is 0 Å². The van der Waals surface area contributed by atoms with E-state index in [1.165, 1.54) is 7.11 Å². The Kier molecular flexibility index (Phi) is 3.42. The number of nitrogen functional groups attached to an aromatic ring is 1. The number of nitrogens with zero attached hydrogens (tertiary/aromatic N) is 2. The van der Waals surface area contributed by atoms with Crippen molar-refractivity contribution in [3.8, 4) is 0 Å². The molecule has 0 amide bonds. The molecule has 18 heavy (non-hydrogen) atoms. The second kappa shape index (κ2) is 4.85. The van der Waals surface area contributed by atoms with Crippen LogP contribution in [0.3, 0.4) is 0 Å². The summed E-state index contributed by atoms with van der Waals surface area (Å²) < 4.78 is 4.60. The number of pyridine rings is 1. The first kappa shape index (κ1) is 12.7. The van der Waals surface area contributed by atoms with Crippen molar-refractivity contribution < 1.29 is 14.4 Å². The maximum absolute atomic E-state index is 11.5. The Morgan fingerprint density at radius 2 is 2.44 bits per heavy atom. The van der Waals surface area contributed by atoms with Gasteiger partial charge in [0, 0.05) is 12.0 Å². The highest BCUT2D eigenvalue weighted by atomic mass is 35.5. The van der Waals surface area contributed by atoms with E-state index in [1.807, 2.05) is 7.85 Å². The van der Waals surface area contributed by atoms with Crippen molar-refractivity contribution in [2.75, 3.05) is 12.8 Å². The summed E-state index contributed by atoms with van der Waals surface area (Å²) in [5.74, 6) is -0.635. The van der Waals surface area contributed by atoms with Crippen molar-refractivity contribution in [3.63, 3.8) is 0 Å². The van der Waals surface area contributed by atoms with Crippen LogP contribution in [-0.4, -0.2) is 31.5 Å². The topological polar surface area (TPSA) is 86.8 Å².